The summed E-state index contributed by atoms with van der Waals surface area (Å²) in [7, 11) is 0. The number of carbonyl (C=O) groups is 4. The fraction of sp³-hybridized carbons (Fsp3) is 0.375. The highest BCUT2D eigenvalue weighted by atomic mass is 35.5. The zero-order valence-corrected chi connectivity index (χ0v) is 44.9. The van der Waals surface area contributed by atoms with E-state index in [0.717, 1.165) is 44.4 Å². The van der Waals surface area contributed by atoms with Crippen LogP contribution in [0, 0.1) is 33.1 Å². The third-order valence-corrected chi connectivity index (χ3v) is 16.9. The van der Waals surface area contributed by atoms with Gasteiger partial charge in [0.25, 0.3) is 5.91 Å². The predicted octanol–water partition coefficient (Wildman–Crippen LogP) is 9.68. The summed E-state index contributed by atoms with van der Waals surface area (Å²) in [6.07, 6.45) is 0.275. The van der Waals surface area contributed by atoms with Crippen LogP contribution < -0.4 is 20.7 Å². The van der Waals surface area contributed by atoms with Crippen molar-refractivity contribution in [2.24, 2.45) is 10.4 Å². The molecule has 384 valence electrons. The first-order valence-electron chi connectivity index (χ1n) is 24.9. The Hall–Kier alpha value is -6.66. The molecule has 1 saturated carbocycles. The summed E-state index contributed by atoms with van der Waals surface area (Å²) in [6, 6.07) is 21.6. The number of amides is 4. The molecule has 6 heterocycles. The number of hydrogen-bond acceptors (Lipinski definition) is 12. The first-order chi connectivity index (χ1) is 35.3. The number of aryl methyl sites for hydroxylation is 3. The number of aliphatic hydroxyl groups excluding tert-OH is 1. The number of ether oxygens (including phenoxy) is 1. The Bertz CT molecular complexity index is 3330. The minimum Gasteiger partial charge on any atom is -0.490 e. The number of hydrogen-bond donors (Lipinski definition) is 4. The van der Waals surface area contributed by atoms with Crippen LogP contribution in [-0.4, -0.2) is 91.0 Å². The number of benzene rings is 3. The van der Waals surface area contributed by atoms with Gasteiger partial charge in [0, 0.05) is 63.1 Å². The molecule has 4 N–H and O–H groups in total. The van der Waals surface area contributed by atoms with E-state index in [0.29, 0.717) is 40.4 Å². The van der Waals surface area contributed by atoms with E-state index in [4.69, 9.17) is 25.7 Å². The summed E-state index contributed by atoms with van der Waals surface area (Å²) in [5, 5.41) is 33.2. The molecular formula is C56H59ClN8O7S2. The van der Waals surface area contributed by atoms with Gasteiger partial charge in [-0.15, -0.1) is 32.9 Å². The molecule has 15 nitrogen and oxygen atoms in total. The van der Waals surface area contributed by atoms with Crippen molar-refractivity contribution in [2.75, 3.05) is 6.54 Å². The molecule has 0 bridgehead atoms. The number of β-amino-alcohol motifs (C(OH)–C–C–N with tert-alkyl or cyclic N) is 1. The monoisotopic (exact) mass is 1050 g/mol. The lowest BCUT2D eigenvalue weighted by Crippen LogP contribution is -2.57. The molecule has 3 aliphatic rings. The number of carbonyl (C=O) groups excluding carboxylic acids is 4. The Balaban J connectivity index is 0.754. The third-order valence-electron chi connectivity index (χ3n) is 14.4. The SMILES string of the molecule is Cc1ccsc1-c1ccc([C@H](C)NC(=O)[C@@H]2C[C@@H](O)CN2C(=O)[C@@H](NC(=O)c2cc3cc(OC4CC(NC(=O)CC5N=C(c6ccc(Cl)cc6)c6c(sc(C)c6C)-n6c(C)nnc65)C4)ccc3o2)C(C)(C)C)cc1. The summed E-state index contributed by atoms with van der Waals surface area (Å²) >= 11 is 9.62. The highest BCUT2D eigenvalue weighted by molar-refractivity contribution is 7.15. The second-order valence-electron chi connectivity index (χ2n) is 20.8. The molecule has 5 atom stereocenters. The molecule has 74 heavy (non-hydrogen) atoms. The summed E-state index contributed by atoms with van der Waals surface area (Å²) in [6.45, 7) is 15.5. The zero-order chi connectivity index (χ0) is 52.3. The van der Waals surface area contributed by atoms with Crippen LogP contribution in [0.5, 0.6) is 5.75 Å². The molecule has 4 aromatic heterocycles. The molecule has 0 radical (unpaired) electrons. The number of nitrogens with one attached hydrogen (secondary N) is 3. The number of likely N-dealkylation sites (tertiary alicyclic amines) is 1. The van der Waals surface area contributed by atoms with Gasteiger partial charge in [0.1, 0.15) is 46.4 Å². The van der Waals surface area contributed by atoms with E-state index >= 15 is 0 Å². The maximum atomic E-state index is 14.4. The average Bonchev–Trinajstić information content (AvgIpc) is 4.19. The highest BCUT2D eigenvalue weighted by Gasteiger charge is 2.45. The van der Waals surface area contributed by atoms with Crippen LogP contribution in [-0.2, 0) is 14.4 Å². The number of fused-ring (bicyclic) bond motifs is 4. The van der Waals surface area contributed by atoms with Crippen LogP contribution >= 0.6 is 34.3 Å². The topological polar surface area (TPSA) is 193 Å². The number of aliphatic hydroxyl groups is 1. The smallest absolute Gasteiger partial charge is 0.287 e. The molecule has 1 saturated heterocycles. The van der Waals surface area contributed by atoms with E-state index in [9.17, 15) is 24.3 Å². The standard InChI is InChI=1S/C56H59ClN8O7S2/c1-28-19-20-73-49(28)35-11-9-33(10-12-35)30(3)58-52(68)43-25-39(66)27-64(43)54(70)50(56(6,7)8)61-53(69)45-22-36-21-40(17-18-44(36)72-45)71-41-23-38(24-41)59-46(67)26-42-51-63-62-32(5)65(51)55-47(29(2)31(4)74-55)48(60-42)34-13-15-37(57)16-14-34/h9-22,30,38-39,41-43,50,66H,23-27H2,1-8H3,(H,58,68)(H,59,67)(H,61,69)/t30-,38?,39+,41?,42?,43-,50+/m0/s1. The number of nitrogens with zero attached hydrogens (tertiary/aromatic N) is 5. The van der Waals surface area contributed by atoms with Gasteiger partial charge >= 0.3 is 0 Å². The van der Waals surface area contributed by atoms with Gasteiger partial charge in [-0.25, -0.2) is 0 Å². The molecule has 7 aromatic rings. The molecule has 3 aromatic carbocycles. The van der Waals surface area contributed by atoms with Crippen LogP contribution in [0.15, 0.2) is 93.7 Å². The normalized spacial score (nSPS) is 20.2. The second-order valence-corrected chi connectivity index (χ2v) is 23.4. The number of rotatable bonds is 13. The number of thiophene rings is 2. The number of aliphatic imine (C=N–C) groups is 1. The molecular weight excluding hydrogens is 996 g/mol. The predicted molar refractivity (Wildman–Crippen MR) is 288 cm³/mol. The van der Waals surface area contributed by atoms with Crippen molar-refractivity contribution in [3.05, 3.63) is 139 Å². The molecule has 4 amide bonds. The van der Waals surface area contributed by atoms with Crippen LogP contribution in [0.1, 0.15) is 120 Å². The highest BCUT2D eigenvalue weighted by Crippen LogP contribution is 2.40. The molecule has 0 spiro atoms. The molecule has 1 aliphatic carbocycles. The third kappa shape index (κ3) is 10.1. The van der Waals surface area contributed by atoms with Gasteiger partial charge in [-0.05, 0) is 110 Å². The van der Waals surface area contributed by atoms with Gasteiger partial charge in [-0.3, -0.25) is 28.7 Å². The lowest BCUT2D eigenvalue weighted by molar-refractivity contribution is -0.142. The lowest BCUT2D eigenvalue weighted by atomic mass is 9.85. The zero-order valence-electron chi connectivity index (χ0n) is 42.5. The summed E-state index contributed by atoms with van der Waals surface area (Å²) in [5.74, 6) is 0.305. The minimum absolute atomic E-state index is 0.00279. The van der Waals surface area contributed by atoms with E-state index in [1.165, 1.54) is 20.2 Å². The van der Waals surface area contributed by atoms with Crippen molar-refractivity contribution in [1.29, 1.82) is 0 Å². The summed E-state index contributed by atoms with van der Waals surface area (Å²) < 4.78 is 14.4. The maximum Gasteiger partial charge on any atom is 0.287 e. The second kappa shape index (κ2) is 20.2. The average molecular weight is 1060 g/mol. The van der Waals surface area contributed by atoms with Gasteiger partial charge in [0.05, 0.1) is 24.3 Å². The van der Waals surface area contributed by atoms with Gasteiger partial charge < -0.3 is 35.1 Å². The van der Waals surface area contributed by atoms with E-state index in [2.05, 4.69) is 58.4 Å². The van der Waals surface area contributed by atoms with E-state index in [1.54, 1.807) is 46.9 Å². The van der Waals surface area contributed by atoms with Crippen LogP contribution in [0.3, 0.4) is 0 Å². The van der Waals surface area contributed by atoms with E-state index < -0.39 is 41.5 Å². The largest absolute Gasteiger partial charge is 0.490 e. The molecule has 2 aliphatic heterocycles. The Morgan fingerprint density at radius 3 is 2.35 bits per heavy atom. The Kier molecular flexibility index (Phi) is 13.9. The van der Waals surface area contributed by atoms with E-state index in [-0.39, 0.29) is 55.1 Å². The molecule has 10 rings (SSSR count). The van der Waals surface area contributed by atoms with Crippen molar-refractivity contribution in [2.45, 2.75) is 123 Å². The van der Waals surface area contributed by atoms with E-state index in [1.807, 2.05) is 87.7 Å². The van der Waals surface area contributed by atoms with Crippen LogP contribution in [0.25, 0.3) is 26.4 Å². The van der Waals surface area contributed by atoms with Crippen LogP contribution in [0.2, 0.25) is 5.02 Å². The fourth-order valence-corrected chi connectivity index (χ4v) is 12.4. The quantitative estimate of drug-likeness (QED) is 0.0870. The maximum absolute atomic E-state index is 14.4. The van der Waals surface area contributed by atoms with Gasteiger partial charge in [0.2, 0.25) is 17.7 Å². The molecule has 1 unspecified atom stereocenters. The van der Waals surface area contributed by atoms with Crippen molar-refractivity contribution in [1.82, 2.24) is 35.6 Å². The summed E-state index contributed by atoms with van der Waals surface area (Å²) in [5.41, 5.74) is 6.69. The Morgan fingerprint density at radius 2 is 1.65 bits per heavy atom. The van der Waals surface area contributed by atoms with Gasteiger partial charge in [0.15, 0.2) is 11.6 Å². The minimum atomic E-state index is -1.06. The first-order valence-corrected chi connectivity index (χ1v) is 27.0. The Labute approximate surface area is 442 Å². The first kappa shape index (κ1) is 50.9. The van der Waals surface area contributed by atoms with Crippen molar-refractivity contribution >= 4 is 74.6 Å². The van der Waals surface area contributed by atoms with Crippen molar-refractivity contribution in [3.63, 3.8) is 0 Å². The number of furan rings is 1. The van der Waals surface area contributed by atoms with Crippen molar-refractivity contribution < 1.29 is 33.4 Å². The van der Waals surface area contributed by atoms with Gasteiger partial charge in [-0.2, -0.15) is 0 Å². The van der Waals surface area contributed by atoms with Gasteiger partial charge in [-0.1, -0.05) is 68.8 Å². The van der Waals surface area contributed by atoms with Crippen molar-refractivity contribution in [3.8, 4) is 21.2 Å². The lowest BCUT2D eigenvalue weighted by Gasteiger charge is -2.36. The molecule has 18 heteroatoms. The molecule has 2 fully saturated rings. The Morgan fingerprint density at radius 1 is 0.919 bits per heavy atom. The summed E-state index contributed by atoms with van der Waals surface area (Å²) in [4.78, 5) is 64.8. The fourth-order valence-electron chi connectivity index (χ4n) is 10.1. The number of halogens is 1. The number of aromatic nitrogens is 3. The van der Waals surface area contributed by atoms with Crippen LogP contribution in [0.4, 0.5) is 0 Å².